The van der Waals surface area contributed by atoms with Crippen LogP contribution in [0.3, 0.4) is 0 Å². The van der Waals surface area contributed by atoms with E-state index in [1.54, 1.807) is 0 Å². The number of amides is 1. The van der Waals surface area contributed by atoms with E-state index in [2.05, 4.69) is 13.8 Å². The Morgan fingerprint density at radius 3 is 2.52 bits per heavy atom. The van der Waals surface area contributed by atoms with Crippen LogP contribution < -0.4 is 11.4 Å². The maximum atomic E-state index is 12.1. The zero-order valence-electron chi connectivity index (χ0n) is 14.2. The number of carbonyl (C=O) groups excluding carboxylic acids is 1. The fraction of sp³-hybridized carbons (Fsp3) is 0.545. The molecule has 15 nitrogen and oxygen atoms in total. The van der Waals surface area contributed by atoms with E-state index in [0.29, 0.717) is 0 Å². The number of carbonyl (C=O) groups is 1. The highest BCUT2D eigenvalue weighted by molar-refractivity contribution is 7.99. The van der Waals surface area contributed by atoms with Crippen molar-refractivity contribution in [3.8, 4) is 0 Å². The Morgan fingerprint density at radius 1 is 1.31 bits per heavy atom. The Hall–Kier alpha value is -1.16. The average molecular weight is 477 g/mol. The molecule has 1 amide bonds. The van der Waals surface area contributed by atoms with Crippen LogP contribution in [0.4, 0.5) is 0 Å². The average Bonchev–Trinajstić information content (AvgIpc) is 2.84. The summed E-state index contributed by atoms with van der Waals surface area (Å²) in [6.45, 7) is -0.906. The monoisotopic (exact) mass is 477 g/mol. The highest BCUT2D eigenvalue weighted by Gasteiger charge is 2.45. The standard InChI is InChI=1S/C11H17N3O12P2S/c12-6(15)4-29-7-1-2-14(11(18)13-7)10-9(17)8(16)5(25-10)3-24-28(22,23)26-27(19,20)21/h1-2,5,8-10,16-17H,3-4H2,(H2,12,15)(H,22,23)(H2,19,20,21)/t5-,8-,9-,10-/m1/s1. The third-order valence-corrected chi connectivity index (χ3v) is 6.49. The molecule has 2 rings (SSSR count). The van der Waals surface area contributed by atoms with E-state index in [1.165, 1.54) is 12.3 Å². The number of primary amides is 1. The van der Waals surface area contributed by atoms with Gasteiger partial charge < -0.3 is 35.4 Å². The topological polar surface area (TPSA) is 241 Å². The van der Waals surface area contributed by atoms with Gasteiger partial charge in [-0.15, -0.1) is 0 Å². The van der Waals surface area contributed by atoms with Gasteiger partial charge in [-0.05, 0) is 6.07 Å². The molecule has 0 saturated carbocycles. The first-order valence-electron chi connectivity index (χ1n) is 7.55. The van der Waals surface area contributed by atoms with Gasteiger partial charge in [0.2, 0.25) is 5.91 Å². The lowest BCUT2D eigenvalue weighted by atomic mass is 10.1. The summed E-state index contributed by atoms with van der Waals surface area (Å²) < 4.78 is 36.1. The second-order valence-corrected chi connectivity index (χ2v) is 9.42. The smallest absolute Gasteiger partial charge is 0.387 e. The largest absolute Gasteiger partial charge is 0.481 e. The minimum atomic E-state index is -5.33. The van der Waals surface area contributed by atoms with E-state index in [1.807, 2.05) is 0 Å². The van der Waals surface area contributed by atoms with Crippen molar-refractivity contribution < 1.29 is 52.4 Å². The molecule has 1 fully saturated rings. The van der Waals surface area contributed by atoms with Gasteiger partial charge in [-0.3, -0.25) is 13.9 Å². The van der Waals surface area contributed by atoms with Crippen molar-refractivity contribution in [2.45, 2.75) is 29.6 Å². The molecule has 0 radical (unpaired) electrons. The summed E-state index contributed by atoms with van der Waals surface area (Å²) >= 11 is 0.903. The van der Waals surface area contributed by atoms with Crippen LogP contribution in [0.2, 0.25) is 0 Å². The number of rotatable bonds is 9. The van der Waals surface area contributed by atoms with Gasteiger partial charge in [0, 0.05) is 6.20 Å². The van der Waals surface area contributed by atoms with E-state index in [-0.39, 0.29) is 10.8 Å². The Morgan fingerprint density at radius 2 is 1.97 bits per heavy atom. The molecular weight excluding hydrogens is 460 g/mol. The molecule has 18 heteroatoms. The second kappa shape index (κ2) is 9.32. The van der Waals surface area contributed by atoms with Crippen molar-refractivity contribution >= 4 is 33.3 Å². The highest BCUT2D eigenvalue weighted by Crippen LogP contribution is 2.57. The first kappa shape index (κ1) is 24.1. The molecule has 1 unspecified atom stereocenters. The summed E-state index contributed by atoms with van der Waals surface area (Å²) in [5.74, 6) is -0.736. The summed E-state index contributed by atoms with van der Waals surface area (Å²) in [5, 5.41) is 20.3. The van der Waals surface area contributed by atoms with Gasteiger partial charge in [-0.2, -0.15) is 9.29 Å². The predicted molar refractivity (Wildman–Crippen MR) is 93.2 cm³/mol. The number of aliphatic hydroxyl groups excluding tert-OH is 2. The summed E-state index contributed by atoms with van der Waals surface area (Å²) in [6, 6.07) is 1.33. The normalized spacial score (nSPS) is 26.9. The van der Waals surface area contributed by atoms with E-state index in [0.717, 1.165) is 16.3 Å². The lowest BCUT2D eigenvalue weighted by molar-refractivity contribution is -0.115. The van der Waals surface area contributed by atoms with E-state index in [4.69, 9.17) is 20.3 Å². The van der Waals surface area contributed by atoms with Crippen LogP contribution in [-0.2, 0) is 27.5 Å². The minimum absolute atomic E-state index is 0.116. The van der Waals surface area contributed by atoms with E-state index < -0.39 is 58.4 Å². The van der Waals surface area contributed by atoms with Gasteiger partial charge >= 0.3 is 21.3 Å². The van der Waals surface area contributed by atoms with Crippen LogP contribution in [0.15, 0.2) is 22.1 Å². The highest BCUT2D eigenvalue weighted by atomic mass is 32.2. The van der Waals surface area contributed by atoms with E-state index >= 15 is 0 Å². The number of thioether (sulfide) groups is 1. The predicted octanol–water partition coefficient (Wildman–Crippen LogP) is -2.33. The number of ether oxygens (including phenoxy) is 1. The summed E-state index contributed by atoms with van der Waals surface area (Å²) in [7, 11) is -10.5. The van der Waals surface area contributed by atoms with Gasteiger partial charge in [-0.1, -0.05) is 11.8 Å². The van der Waals surface area contributed by atoms with Crippen molar-refractivity contribution in [3.05, 3.63) is 22.7 Å². The van der Waals surface area contributed by atoms with Gasteiger partial charge in [0.15, 0.2) is 6.23 Å². The van der Waals surface area contributed by atoms with Crippen LogP contribution in [0.25, 0.3) is 0 Å². The van der Waals surface area contributed by atoms with Gasteiger partial charge in [0.05, 0.1) is 12.4 Å². The van der Waals surface area contributed by atoms with Crippen LogP contribution in [0, 0.1) is 0 Å². The third kappa shape index (κ3) is 6.94. The maximum absolute atomic E-state index is 12.1. The molecule has 164 valence electrons. The number of aliphatic hydroxyl groups is 2. The fourth-order valence-electron chi connectivity index (χ4n) is 2.24. The Labute approximate surface area is 166 Å². The van der Waals surface area contributed by atoms with Crippen molar-refractivity contribution in [1.29, 1.82) is 0 Å². The molecule has 0 bridgehead atoms. The molecular formula is C11H17N3O12P2S. The molecule has 1 aliphatic rings. The molecule has 1 aromatic heterocycles. The zero-order valence-corrected chi connectivity index (χ0v) is 16.9. The minimum Gasteiger partial charge on any atom is -0.387 e. The molecule has 0 aliphatic carbocycles. The molecule has 7 N–H and O–H groups in total. The van der Waals surface area contributed by atoms with Crippen LogP contribution >= 0.6 is 27.4 Å². The molecule has 1 aromatic rings. The Bertz CT molecular complexity index is 905. The van der Waals surface area contributed by atoms with E-state index in [9.17, 15) is 33.8 Å². The molecule has 0 aromatic carbocycles. The third-order valence-electron chi connectivity index (χ3n) is 3.39. The lowest BCUT2D eigenvalue weighted by Crippen LogP contribution is -2.36. The second-order valence-electron chi connectivity index (χ2n) is 5.59. The number of hydrogen-bond donors (Lipinski definition) is 6. The van der Waals surface area contributed by atoms with Crippen LogP contribution in [-0.4, -0.2) is 71.0 Å². The molecule has 2 heterocycles. The first-order valence-corrected chi connectivity index (χ1v) is 11.6. The molecule has 29 heavy (non-hydrogen) atoms. The zero-order chi connectivity index (χ0) is 22.0. The number of hydrogen-bond acceptors (Lipinski definition) is 11. The van der Waals surface area contributed by atoms with Crippen LogP contribution in [0.1, 0.15) is 6.23 Å². The summed E-state index contributed by atoms with van der Waals surface area (Å²) in [6.07, 6.45) is -5.09. The van der Waals surface area contributed by atoms with Gasteiger partial charge in [-0.25, -0.2) is 13.9 Å². The summed E-state index contributed by atoms with van der Waals surface area (Å²) in [5.41, 5.74) is 4.10. The number of phosphoric ester groups is 1. The molecule has 0 spiro atoms. The molecule has 1 saturated heterocycles. The van der Waals surface area contributed by atoms with Gasteiger partial charge in [0.25, 0.3) is 0 Å². The van der Waals surface area contributed by atoms with Crippen LogP contribution in [0.5, 0.6) is 0 Å². The van der Waals surface area contributed by atoms with Crippen molar-refractivity contribution in [3.63, 3.8) is 0 Å². The number of aromatic nitrogens is 2. The Kier molecular flexibility index (Phi) is 7.75. The number of nitrogens with zero attached hydrogens (tertiary/aromatic N) is 2. The lowest BCUT2D eigenvalue weighted by Gasteiger charge is -2.18. The van der Waals surface area contributed by atoms with Crippen molar-refractivity contribution in [2.75, 3.05) is 12.4 Å². The number of phosphoric acid groups is 2. The summed E-state index contributed by atoms with van der Waals surface area (Å²) in [4.78, 5) is 52.9. The molecule has 5 atom stereocenters. The SMILES string of the molecule is NC(=O)CSc1ccn([C@@H]2O[C@H](COP(=O)(O)OP(=O)(O)O)[C@@H](O)[C@H]2O)c(=O)n1. The number of nitrogens with two attached hydrogens (primary N) is 1. The van der Waals surface area contributed by atoms with Gasteiger partial charge in [0.1, 0.15) is 23.3 Å². The maximum Gasteiger partial charge on any atom is 0.481 e. The van der Waals surface area contributed by atoms with Crippen molar-refractivity contribution in [2.24, 2.45) is 5.73 Å². The first-order chi connectivity index (χ1) is 13.3. The Balaban J connectivity index is 2.07. The van der Waals surface area contributed by atoms with Crippen molar-refractivity contribution in [1.82, 2.24) is 9.55 Å². The molecule has 1 aliphatic heterocycles. The fourth-order valence-corrected chi connectivity index (χ4v) is 4.43. The quantitative estimate of drug-likeness (QED) is 0.124.